The van der Waals surface area contributed by atoms with Gasteiger partial charge in [-0.05, 0) is 12.8 Å². The van der Waals surface area contributed by atoms with Crippen molar-refractivity contribution in [2.24, 2.45) is 0 Å². The number of halogens is 1. The van der Waals surface area contributed by atoms with E-state index in [-0.39, 0.29) is 10.3 Å². The van der Waals surface area contributed by atoms with Crippen molar-refractivity contribution in [3.05, 3.63) is 35.9 Å². The Labute approximate surface area is 172 Å². The van der Waals surface area contributed by atoms with E-state index in [1.165, 1.54) is 22.5 Å². The first-order valence-electron chi connectivity index (χ1n) is 9.45. The van der Waals surface area contributed by atoms with Gasteiger partial charge >= 0.3 is 58.5 Å². The second kappa shape index (κ2) is 13.5. The van der Waals surface area contributed by atoms with Crippen LogP contribution in [0.15, 0.2) is 30.3 Å². The van der Waals surface area contributed by atoms with Crippen molar-refractivity contribution in [2.45, 2.75) is 52.1 Å². The molecule has 0 radical (unpaired) electrons. The van der Waals surface area contributed by atoms with Crippen molar-refractivity contribution >= 4 is 21.6 Å². The molecule has 1 heterocycles. The summed E-state index contributed by atoms with van der Waals surface area (Å²) in [5.41, 5.74) is 9.68. The van der Waals surface area contributed by atoms with E-state index >= 15 is 0 Å². The number of ether oxygens (including phenoxy) is 1. The summed E-state index contributed by atoms with van der Waals surface area (Å²) in [6, 6.07) is 10.5. The van der Waals surface area contributed by atoms with Crippen molar-refractivity contribution in [2.75, 3.05) is 26.3 Å². The molecule has 0 saturated carbocycles. The molecule has 5 nitrogen and oxygen atoms in total. The molecule has 0 amide bonds. The molecule has 1 fully saturated rings. The van der Waals surface area contributed by atoms with E-state index in [0.717, 1.165) is 32.1 Å². The second-order valence-electron chi connectivity index (χ2n) is 6.44. The van der Waals surface area contributed by atoms with Crippen LogP contribution in [0.1, 0.15) is 46.0 Å². The maximum absolute atomic E-state index is 9.11. The standard InChI is InChI=1S/C13H25ClN3O2.C6H5.Zn/c1-3-5-9-18-13-7-8-17(14,11-12(13)16-15)19-10-6-4-2;1-2-4-6-5-3-1;/h13H,3-11H2,1-2H3;1-5H;/q+1;;. The van der Waals surface area contributed by atoms with Crippen molar-refractivity contribution in [1.29, 1.82) is 0 Å². The molecule has 2 unspecified atom stereocenters. The molecule has 1 aliphatic heterocycles. The summed E-state index contributed by atoms with van der Waals surface area (Å²) in [5.74, 6) is 0. The Hall–Kier alpha value is -0.607. The maximum atomic E-state index is 9.11. The Bertz CT molecular complexity index is 555. The number of quaternary nitrogens is 1. The zero-order chi connectivity index (χ0) is 19.3. The molecule has 1 aliphatic rings. The van der Waals surface area contributed by atoms with E-state index in [9.17, 15) is 0 Å². The SMILES string of the molecule is CCCCOC1CC[N+](Cl)(OCCCC)CC1=[N+]=[N-].[Zn][c]1ccccc1. The Balaban J connectivity index is 0.000000401. The average molecular weight is 433 g/mol. The van der Waals surface area contributed by atoms with Crippen LogP contribution in [-0.2, 0) is 27.9 Å². The summed E-state index contributed by atoms with van der Waals surface area (Å²) >= 11 is 7.64. The zero-order valence-corrected chi connectivity index (χ0v) is 19.8. The first-order chi connectivity index (χ1) is 12.5. The normalized spacial score (nSPS) is 22.3. The van der Waals surface area contributed by atoms with Crippen LogP contribution in [0.2, 0.25) is 0 Å². The van der Waals surface area contributed by atoms with Gasteiger partial charge in [-0.1, -0.05) is 30.9 Å². The molecule has 2 rings (SSSR count). The number of hydroxylamine groups is 2. The monoisotopic (exact) mass is 431 g/mol. The van der Waals surface area contributed by atoms with E-state index in [4.69, 9.17) is 26.9 Å². The van der Waals surface area contributed by atoms with Crippen LogP contribution in [-0.4, -0.2) is 47.1 Å². The van der Waals surface area contributed by atoms with Crippen LogP contribution in [0.4, 0.5) is 0 Å². The number of nitrogens with zero attached hydrogens (tertiary/aromatic N) is 3. The van der Waals surface area contributed by atoms with E-state index in [0.29, 0.717) is 32.0 Å². The molecule has 1 aromatic rings. The van der Waals surface area contributed by atoms with E-state index in [1.807, 2.05) is 6.07 Å². The number of hydrogen-bond donors (Lipinski definition) is 0. The molecule has 0 spiro atoms. The Morgan fingerprint density at radius 3 is 2.38 bits per heavy atom. The van der Waals surface area contributed by atoms with Crippen molar-refractivity contribution in [1.82, 2.24) is 0 Å². The van der Waals surface area contributed by atoms with E-state index in [1.54, 1.807) is 0 Å². The Kier molecular flexibility index (Phi) is 12.2. The van der Waals surface area contributed by atoms with Crippen LogP contribution < -0.4 is 4.16 Å². The number of piperidine rings is 1. The van der Waals surface area contributed by atoms with Crippen LogP contribution in [0.3, 0.4) is 0 Å². The number of rotatable bonds is 8. The third-order valence-corrected chi connectivity index (χ3v) is 5.48. The Morgan fingerprint density at radius 2 is 1.85 bits per heavy atom. The van der Waals surface area contributed by atoms with Gasteiger partial charge in [-0.25, -0.2) is 0 Å². The van der Waals surface area contributed by atoms with Gasteiger partial charge < -0.3 is 10.3 Å². The molecule has 141 valence electrons. The van der Waals surface area contributed by atoms with Gasteiger partial charge in [0.15, 0.2) is 6.10 Å². The molecule has 1 saturated heterocycles. The molecule has 26 heavy (non-hydrogen) atoms. The fraction of sp³-hybridized carbons (Fsp3) is 0.632. The molecule has 0 bridgehead atoms. The van der Waals surface area contributed by atoms with Gasteiger partial charge in [0.1, 0.15) is 13.2 Å². The second-order valence-corrected chi connectivity index (χ2v) is 8.77. The van der Waals surface area contributed by atoms with Gasteiger partial charge in [-0.3, -0.25) is 0 Å². The third-order valence-electron chi connectivity index (χ3n) is 4.10. The molecule has 2 atom stereocenters. The fourth-order valence-electron chi connectivity index (χ4n) is 2.51. The first-order valence-corrected chi connectivity index (χ1v) is 11.3. The molecule has 0 aliphatic carbocycles. The molecular formula is C19H30ClN3O2Zn+. The quantitative estimate of drug-likeness (QED) is 0.206. The number of hydrogen-bond acceptors (Lipinski definition) is 2. The summed E-state index contributed by atoms with van der Waals surface area (Å²) in [5, 5.41) is 0. The van der Waals surface area contributed by atoms with Crippen LogP contribution >= 0.6 is 11.8 Å². The zero-order valence-electron chi connectivity index (χ0n) is 16.1. The van der Waals surface area contributed by atoms with Gasteiger partial charge in [0, 0.05) is 13.0 Å². The molecule has 7 heteroatoms. The van der Waals surface area contributed by atoms with Gasteiger partial charge in [0.25, 0.3) is 0 Å². The van der Waals surface area contributed by atoms with Gasteiger partial charge in [0.2, 0.25) is 18.3 Å². The van der Waals surface area contributed by atoms with Crippen molar-refractivity contribution in [3.8, 4) is 0 Å². The molecular weight excluding hydrogens is 403 g/mol. The molecule has 0 aromatic heterocycles. The minimum atomic E-state index is -0.128. The number of benzene rings is 1. The summed E-state index contributed by atoms with van der Waals surface area (Å²) in [6.45, 7) is 6.59. The predicted molar refractivity (Wildman–Crippen MR) is 101 cm³/mol. The van der Waals surface area contributed by atoms with E-state index in [2.05, 4.69) is 42.9 Å². The van der Waals surface area contributed by atoms with Crippen LogP contribution in [0, 0.1) is 0 Å². The predicted octanol–water partition coefficient (Wildman–Crippen LogP) is 3.81. The Morgan fingerprint density at radius 1 is 1.19 bits per heavy atom. The molecule has 1 aromatic carbocycles. The van der Waals surface area contributed by atoms with Crippen LogP contribution in [0.5, 0.6) is 0 Å². The third kappa shape index (κ3) is 9.36. The van der Waals surface area contributed by atoms with Gasteiger partial charge in [-0.2, -0.15) is 9.63 Å². The van der Waals surface area contributed by atoms with Crippen molar-refractivity contribution in [3.63, 3.8) is 0 Å². The number of unbranched alkanes of at least 4 members (excludes halogenated alkanes) is 2. The van der Waals surface area contributed by atoms with E-state index < -0.39 is 0 Å². The van der Waals surface area contributed by atoms with Gasteiger partial charge in [0.05, 0.1) is 0 Å². The summed E-state index contributed by atoms with van der Waals surface area (Å²) < 4.78 is 7.14. The van der Waals surface area contributed by atoms with Crippen molar-refractivity contribution < 1.29 is 36.8 Å². The summed E-state index contributed by atoms with van der Waals surface area (Å²) in [4.78, 5) is 9.02. The average Bonchev–Trinajstić information content (AvgIpc) is 2.64. The topological polar surface area (TPSA) is 54.9 Å². The van der Waals surface area contributed by atoms with Crippen LogP contribution in [0.25, 0.3) is 5.53 Å². The fourth-order valence-corrected chi connectivity index (χ4v) is 3.37. The minimum absolute atomic E-state index is 0.0347. The first kappa shape index (κ1) is 23.4. The summed E-state index contributed by atoms with van der Waals surface area (Å²) in [6.07, 6.45) is 4.75. The molecule has 0 N–H and O–H groups in total. The summed E-state index contributed by atoms with van der Waals surface area (Å²) in [7, 11) is 0. The van der Waals surface area contributed by atoms with Gasteiger partial charge in [-0.15, -0.1) is 0 Å².